The molecule has 0 aliphatic carbocycles. The molecule has 6 heteroatoms. The normalized spacial score (nSPS) is 11.5. The highest BCUT2D eigenvalue weighted by Crippen LogP contribution is 2.22. The fourth-order valence-corrected chi connectivity index (χ4v) is 4.17. The van der Waals surface area contributed by atoms with Crippen molar-refractivity contribution >= 4 is 56.5 Å². The van der Waals surface area contributed by atoms with E-state index in [4.69, 9.17) is 9.72 Å². The molecule has 31 heavy (non-hydrogen) atoms. The summed E-state index contributed by atoms with van der Waals surface area (Å²) >= 11 is 2.21. The van der Waals surface area contributed by atoms with E-state index in [9.17, 15) is 4.79 Å². The molecule has 3 aromatic carbocycles. The molecule has 1 N–H and O–H groups in total. The standard InChI is InChI=1S/C25H18IN3O2/c1-31-19-6-4-5-18(14-19)29-24(28-23-11-10-17(26)13-21(23)25(29)30)12-9-16-15-27-22-8-3-2-7-20(16)22/h2-15,27H,1H3/b12-9+. The molecule has 0 unspecified atom stereocenters. The van der Waals surface area contributed by atoms with E-state index >= 15 is 0 Å². The third-order valence-corrected chi connectivity index (χ3v) is 5.87. The molecule has 0 bridgehead atoms. The highest BCUT2D eigenvalue weighted by atomic mass is 127. The molecule has 0 atom stereocenters. The van der Waals surface area contributed by atoms with E-state index in [1.807, 2.05) is 79.0 Å². The topological polar surface area (TPSA) is 59.9 Å². The number of H-pyrrole nitrogens is 1. The summed E-state index contributed by atoms with van der Waals surface area (Å²) in [5.41, 5.74) is 3.35. The molecule has 0 aliphatic rings. The average Bonchev–Trinajstić information content (AvgIpc) is 3.21. The zero-order chi connectivity index (χ0) is 21.4. The SMILES string of the molecule is COc1cccc(-n2c(/C=C/c3c[nH]c4ccccc34)nc3ccc(I)cc3c2=O)c1. The second kappa shape index (κ2) is 8.03. The molecular formula is C25H18IN3O2. The molecule has 5 rings (SSSR count). The highest BCUT2D eigenvalue weighted by Gasteiger charge is 2.12. The summed E-state index contributed by atoms with van der Waals surface area (Å²) in [5.74, 6) is 1.23. The largest absolute Gasteiger partial charge is 0.497 e. The van der Waals surface area contributed by atoms with E-state index in [2.05, 4.69) is 33.6 Å². The monoisotopic (exact) mass is 519 g/mol. The minimum Gasteiger partial charge on any atom is -0.497 e. The molecule has 0 amide bonds. The Labute approximate surface area is 192 Å². The summed E-state index contributed by atoms with van der Waals surface area (Å²) in [7, 11) is 1.61. The fraction of sp³-hybridized carbons (Fsp3) is 0.0400. The number of ether oxygens (including phenoxy) is 1. The van der Waals surface area contributed by atoms with Crippen molar-refractivity contribution in [2.45, 2.75) is 0 Å². The number of rotatable bonds is 4. The molecule has 5 aromatic rings. The van der Waals surface area contributed by atoms with Gasteiger partial charge in [0.2, 0.25) is 0 Å². The van der Waals surface area contributed by atoms with Crippen LogP contribution in [0.15, 0.2) is 77.7 Å². The Morgan fingerprint density at radius 1 is 1.00 bits per heavy atom. The van der Waals surface area contributed by atoms with Gasteiger partial charge in [-0.2, -0.15) is 0 Å². The Kier molecular flexibility index (Phi) is 5.07. The first-order valence-corrected chi connectivity index (χ1v) is 10.8. The van der Waals surface area contributed by atoms with Gasteiger partial charge < -0.3 is 9.72 Å². The summed E-state index contributed by atoms with van der Waals surface area (Å²) in [5, 5.41) is 1.70. The molecule has 2 aromatic heterocycles. The summed E-state index contributed by atoms with van der Waals surface area (Å²) in [6.45, 7) is 0. The number of hydrogen-bond acceptors (Lipinski definition) is 3. The van der Waals surface area contributed by atoms with E-state index < -0.39 is 0 Å². The molecule has 5 nitrogen and oxygen atoms in total. The fourth-order valence-electron chi connectivity index (χ4n) is 3.68. The van der Waals surface area contributed by atoms with Gasteiger partial charge in [-0.25, -0.2) is 4.98 Å². The van der Waals surface area contributed by atoms with Crippen LogP contribution in [0, 0.1) is 3.57 Å². The smallest absolute Gasteiger partial charge is 0.266 e. The van der Waals surface area contributed by atoms with Gasteiger partial charge in [0, 0.05) is 26.7 Å². The van der Waals surface area contributed by atoms with Gasteiger partial charge in [0.15, 0.2) is 0 Å². The maximum atomic E-state index is 13.5. The van der Waals surface area contributed by atoms with Crippen molar-refractivity contribution in [3.8, 4) is 11.4 Å². The molecule has 0 fully saturated rings. The van der Waals surface area contributed by atoms with Gasteiger partial charge in [-0.3, -0.25) is 9.36 Å². The maximum Gasteiger partial charge on any atom is 0.266 e. The zero-order valence-electron chi connectivity index (χ0n) is 16.7. The van der Waals surface area contributed by atoms with Crippen molar-refractivity contribution in [1.82, 2.24) is 14.5 Å². The molecule has 0 aliphatic heterocycles. The average molecular weight is 519 g/mol. The predicted molar refractivity (Wildman–Crippen MR) is 134 cm³/mol. The number of para-hydroxylation sites is 1. The maximum absolute atomic E-state index is 13.5. The van der Waals surface area contributed by atoms with Gasteiger partial charge in [0.1, 0.15) is 11.6 Å². The van der Waals surface area contributed by atoms with Gasteiger partial charge in [-0.15, -0.1) is 0 Å². The van der Waals surface area contributed by atoms with Crippen LogP contribution in [0.5, 0.6) is 5.75 Å². The lowest BCUT2D eigenvalue weighted by molar-refractivity contribution is 0.414. The van der Waals surface area contributed by atoms with Gasteiger partial charge in [0.05, 0.1) is 23.7 Å². The lowest BCUT2D eigenvalue weighted by atomic mass is 10.1. The van der Waals surface area contributed by atoms with Gasteiger partial charge >= 0.3 is 0 Å². The van der Waals surface area contributed by atoms with Crippen molar-refractivity contribution in [3.63, 3.8) is 0 Å². The van der Waals surface area contributed by atoms with Gasteiger partial charge in [-0.1, -0.05) is 24.3 Å². The van der Waals surface area contributed by atoms with Crippen LogP contribution in [0.4, 0.5) is 0 Å². The Bertz CT molecular complexity index is 1510. The van der Waals surface area contributed by atoms with Crippen LogP contribution < -0.4 is 10.3 Å². The Balaban J connectivity index is 1.74. The van der Waals surface area contributed by atoms with Crippen molar-refractivity contribution in [1.29, 1.82) is 0 Å². The van der Waals surface area contributed by atoms with Crippen molar-refractivity contribution < 1.29 is 4.74 Å². The van der Waals surface area contributed by atoms with E-state index in [1.165, 1.54) is 0 Å². The summed E-state index contributed by atoms with van der Waals surface area (Å²) in [6, 6.07) is 21.3. The highest BCUT2D eigenvalue weighted by molar-refractivity contribution is 14.1. The molecule has 0 radical (unpaired) electrons. The number of aromatic nitrogens is 3. The van der Waals surface area contributed by atoms with E-state index in [1.54, 1.807) is 11.7 Å². The van der Waals surface area contributed by atoms with Gasteiger partial charge in [-0.05, 0) is 76.7 Å². The minimum absolute atomic E-state index is 0.115. The lowest BCUT2D eigenvalue weighted by Gasteiger charge is -2.12. The molecular weight excluding hydrogens is 501 g/mol. The number of hydrogen-bond donors (Lipinski definition) is 1. The van der Waals surface area contributed by atoms with Crippen molar-refractivity contribution in [2.24, 2.45) is 0 Å². The van der Waals surface area contributed by atoms with Crippen LogP contribution in [-0.2, 0) is 0 Å². The molecule has 0 saturated heterocycles. The Hall–Kier alpha value is -3.39. The molecule has 0 saturated carbocycles. The minimum atomic E-state index is -0.115. The van der Waals surface area contributed by atoms with Crippen molar-refractivity contribution in [2.75, 3.05) is 7.11 Å². The van der Waals surface area contributed by atoms with Crippen LogP contribution in [0.1, 0.15) is 11.4 Å². The predicted octanol–water partition coefficient (Wildman–Crippen LogP) is 5.65. The number of fused-ring (bicyclic) bond motifs is 2. The van der Waals surface area contributed by atoms with Crippen LogP contribution in [0.2, 0.25) is 0 Å². The quantitative estimate of drug-likeness (QED) is 0.312. The van der Waals surface area contributed by atoms with Crippen molar-refractivity contribution in [3.05, 3.63) is 98.2 Å². The van der Waals surface area contributed by atoms with Crippen LogP contribution in [0.3, 0.4) is 0 Å². The summed E-state index contributed by atoms with van der Waals surface area (Å²) in [4.78, 5) is 21.6. The lowest BCUT2D eigenvalue weighted by Crippen LogP contribution is -2.22. The molecule has 2 heterocycles. The summed E-state index contributed by atoms with van der Waals surface area (Å²) in [6.07, 6.45) is 5.82. The van der Waals surface area contributed by atoms with Crippen LogP contribution in [0.25, 0.3) is 39.6 Å². The molecule has 0 spiro atoms. The first-order valence-electron chi connectivity index (χ1n) is 9.75. The number of nitrogens with one attached hydrogen (secondary N) is 1. The third kappa shape index (κ3) is 3.63. The van der Waals surface area contributed by atoms with E-state index in [-0.39, 0.29) is 5.56 Å². The van der Waals surface area contributed by atoms with E-state index in [0.717, 1.165) is 20.0 Å². The summed E-state index contributed by atoms with van der Waals surface area (Å²) < 4.78 is 7.99. The molecule has 152 valence electrons. The number of aromatic amines is 1. The number of halogens is 1. The zero-order valence-corrected chi connectivity index (χ0v) is 18.8. The third-order valence-electron chi connectivity index (χ3n) is 5.20. The number of benzene rings is 3. The van der Waals surface area contributed by atoms with Crippen LogP contribution in [-0.4, -0.2) is 21.6 Å². The van der Waals surface area contributed by atoms with Crippen LogP contribution >= 0.6 is 22.6 Å². The Morgan fingerprint density at radius 2 is 1.87 bits per heavy atom. The first-order chi connectivity index (χ1) is 15.1. The second-order valence-corrected chi connectivity index (χ2v) is 8.34. The number of methoxy groups -OCH3 is 1. The number of nitrogens with zero attached hydrogens (tertiary/aromatic N) is 2. The Morgan fingerprint density at radius 3 is 2.74 bits per heavy atom. The first kappa shape index (κ1) is 19.6. The van der Waals surface area contributed by atoms with E-state index in [0.29, 0.717) is 28.2 Å². The second-order valence-electron chi connectivity index (χ2n) is 7.10. The van der Waals surface area contributed by atoms with Gasteiger partial charge in [0.25, 0.3) is 5.56 Å².